The smallest absolute Gasteiger partial charge is 0.137 e. The summed E-state index contributed by atoms with van der Waals surface area (Å²) in [5, 5.41) is 11.1. The van der Waals surface area contributed by atoms with Gasteiger partial charge in [-0.1, -0.05) is 6.07 Å². The molecular weight excluding hydrogens is 220 g/mol. The average Bonchev–Trinajstić information content (AvgIpc) is 2.96. The van der Waals surface area contributed by atoms with E-state index in [-0.39, 0.29) is 6.61 Å². The summed E-state index contributed by atoms with van der Waals surface area (Å²) in [5.74, 6) is 0. The van der Waals surface area contributed by atoms with Gasteiger partial charge in [0.1, 0.15) is 5.65 Å². The molecule has 0 aliphatic carbocycles. The second kappa shape index (κ2) is 3.73. The van der Waals surface area contributed by atoms with Crippen LogP contribution >= 0.6 is 11.3 Å². The molecule has 3 rings (SSSR count). The molecule has 0 aromatic carbocycles. The molecule has 0 bridgehead atoms. The minimum atomic E-state index is 0.0533. The Balaban J connectivity index is 2.16. The SMILES string of the molecule is OCc1ccn2cc(-c3cccs3)nc2c1. The number of fused-ring (bicyclic) bond motifs is 1. The number of nitrogens with zero attached hydrogens (tertiary/aromatic N) is 2. The average molecular weight is 230 g/mol. The lowest BCUT2D eigenvalue weighted by molar-refractivity contribution is 0.282. The Hall–Kier alpha value is -1.65. The molecule has 3 aromatic rings. The van der Waals surface area contributed by atoms with E-state index < -0.39 is 0 Å². The monoisotopic (exact) mass is 230 g/mol. The van der Waals surface area contributed by atoms with E-state index in [0.717, 1.165) is 21.8 Å². The molecular formula is C12H10N2OS. The molecule has 16 heavy (non-hydrogen) atoms. The van der Waals surface area contributed by atoms with Crippen LogP contribution in [0.1, 0.15) is 5.56 Å². The van der Waals surface area contributed by atoms with Gasteiger partial charge in [-0.25, -0.2) is 4.98 Å². The van der Waals surface area contributed by atoms with Gasteiger partial charge in [0.25, 0.3) is 0 Å². The highest BCUT2D eigenvalue weighted by Gasteiger charge is 2.05. The van der Waals surface area contributed by atoms with Gasteiger partial charge in [0.15, 0.2) is 0 Å². The van der Waals surface area contributed by atoms with Crippen LogP contribution in [0, 0.1) is 0 Å². The van der Waals surface area contributed by atoms with Crippen LogP contribution in [0.5, 0.6) is 0 Å². The Bertz CT molecular complexity index is 613. The summed E-state index contributed by atoms with van der Waals surface area (Å²) in [6.45, 7) is 0.0533. The van der Waals surface area contributed by atoms with Gasteiger partial charge in [0.2, 0.25) is 0 Å². The number of hydrogen-bond acceptors (Lipinski definition) is 3. The third kappa shape index (κ3) is 1.52. The van der Waals surface area contributed by atoms with E-state index in [9.17, 15) is 0 Å². The number of aromatic nitrogens is 2. The summed E-state index contributed by atoms with van der Waals surface area (Å²) in [5.41, 5.74) is 2.73. The van der Waals surface area contributed by atoms with Crippen molar-refractivity contribution in [1.29, 1.82) is 0 Å². The summed E-state index contributed by atoms with van der Waals surface area (Å²) in [6.07, 6.45) is 3.92. The maximum Gasteiger partial charge on any atom is 0.137 e. The van der Waals surface area contributed by atoms with Gasteiger partial charge in [0.05, 0.1) is 17.2 Å². The fourth-order valence-electron chi connectivity index (χ4n) is 1.67. The van der Waals surface area contributed by atoms with Crippen molar-refractivity contribution in [3.63, 3.8) is 0 Å². The summed E-state index contributed by atoms with van der Waals surface area (Å²) >= 11 is 1.68. The maximum absolute atomic E-state index is 9.05. The zero-order valence-electron chi connectivity index (χ0n) is 8.50. The van der Waals surface area contributed by atoms with Crippen LogP contribution in [0.2, 0.25) is 0 Å². The quantitative estimate of drug-likeness (QED) is 0.734. The van der Waals surface area contributed by atoms with Gasteiger partial charge in [-0.15, -0.1) is 11.3 Å². The number of hydrogen-bond donors (Lipinski definition) is 1. The highest BCUT2D eigenvalue weighted by Crippen LogP contribution is 2.24. The van der Waals surface area contributed by atoms with Crippen molar-refractivity contribution in [1.82, 2.24) is 9.38 Å². The van der Waals surface area contributed by atoms with Crippen LogP contribution in [0.25, 0.3) is 16.2 Å². The highest BCUT2D eigenvalue weighted by atomic mass is 32.1. The van der Waals surface area contributed by atoms with Crippen LogP contribution in [0.4, 0.5) is 0 Å². The van der Waals surface area contributed by atoms with Crippen LogP contribution in [-0.4, -0.2) is 14.5 Å². The van der Waals surface area contributed by atoms with Crippen LogP contribution in [0.3, 0.4) is 0 Å². The van der Waals surface area contributed by atoms with Gasteiger partial charge >= 0.3 is 0 Å². The predicted octanol–water partition coefficient (Wildman–Crippen LogP) is 2.56. The van der Waals surface area contributed by atoms with Crippen LogP contribution in [-0.2, 0) is 6.61 Å². The number of aliphatic hydroxyl groups is 1. The fourth-order valence-corrected chi connectivity index (χ4v) is 2.35. The lowest BCUT2D eigenvalue weighted by Crippen LogP contribution is -1.87. The number of pyridine rings is 1. The zero-order valence-corrected chi connectivity index (χ0v) is 9.31. The minimum Gasteiger partial charge on any atom is -0.392 e. The molecule has 4 heteroatoms. The summed E-state index contributed by atoms with van der Waals surface area (Å²) in [4.78, 5) is 5.69. The molecule has 3 nitrogen and oxygen atoms in total. The van der Waals surface area contributed by atoms with Crippen molar-refractivity contribution in [2.24, 2.45) is 0 Å². The Morgan fingerprint density at radius 3 is 3.06 bits per heavy atom. The third-order valence-corrected chi connectivity index (χ3v) is 3.37. The molecule has 0 radical (unpaired) electrons. The first kappa shape index (κ1) is 9.57. The summed E-state index contributed by atoms with van der Waals surface area (Å²) in [6, 6.07) is 7.87. The van der Waals surface area contributed by atoms with Crippen molar-refractivity contribution in [3.8, 4) is 10.6 Å². The largest absolute Gasteiger partial charge is 0.392 e. The number of imidazole rings is 1. The first-order valence-electron chi connectivity index (χ1n) is 4.99. The zero-order chi connectivity index (χ0) is 11.0. The number of thiophene rings is 1. The van der Waals surface area contributed by atoms with Gasteiger partial charge in [-0.2, -0.15) is 0 Å². The van der Waals surface area contributed by atoms with E-state index >= 15 is 0 Å². The first-order chi connectivity index (χ1) is 7.86. The van der Waals surface area contributed by atoms with Crippen molar-refractivity contribution in [3.05, 3.63) is 47.6 Å². The highest BCUT2D eigenvalue weighted by molar-refractivity contribution is 7.13. The van der Waals surface area contributed by atoms with E-state index in [0.29, 0.717) is 0 Å². The number of rotatable bonds is 2. The Morgan fingerprint density at radius 1 is 1.38 bits per heavy atom. The fraction of sp³-hybridized carbons (Fsp3) is 0.0833. The molecule has 3 aromatic heterocycles. The molecule has 0 fully saturated rings. The molecule has 0 amide bonds. The normalized spacial score (nSPS) is 11.1. The van der Waals surface area contributed by atoms with Crippen LogP contribution < -0.4 is 0 Å². The maximum atomic E-state index is 9.05. The molecule has 0 atom stereocenters. The second-order valence-corrected chi connectivity index (χ2v) is 4.51. The molecule has 0 spiro atoms. The molecule has 0 aliphatic rings. The Morgan fingerprint density at radius 2 is 2.31 bits per heavy atom. The van der Waals surface area contributed by atoms with Gasteiger partial charge in [-0.3, -0.25) is 0 Å². The Labute approximate surface area is 96.6 Å². The topological polar surface area (TPSA) is 37.5 Å². The predicted molar refractivity (Wildman–Crippen MR) is 64.4 cm³/mol. The molecule has 80 valence electrons. The molecule has 0 saturated heterocycles. The van der Waals surface area contributed by atoms with Gasteiger partial charge < -0.3 is 9.51 Å². The van der Waals surface area contributed by atoms with Crippen molar-refractivity contribution in [2.75, 3.05) is 0 Å². The number of aliphatic hydroxyl groups excluding tert-OH is 1. The van der Waals surface area contributed by atoms with Crippen molar-refractivity contribution >= 4 is 17.0 Å². The second-order valence-electron chi connectivity index (χ2n) is 3.56. The first-order valence-corrected chi connectivity index (χ1v) is 5.87. The molecule has 0 aliphatic heterocycles. The lowest BCUT2D eigenvalue weighted by Gasteiger charge is -1.95. The van der Waals surface area contributed by atoms with Gasteiger partial charge in [0, 0.05) is 12.4 Å². The van der Waals surface area contributed by atoms with E-state index in [1.807, 2.05) is 40.4 Å². The van der Waals surface area contributed by atoms with E-state index in [1.165, 1.54) is 0 Å². The third-order valence-electron chi connectivity index (χ3n) is 2.48. The van der Waals surface area contributed by atoms with Gasteiger partial charge in [-0.05, 0) is 29.1 Å². The molecule has 0 unspecified atom stereocenters. The molecule has 1 N–H and O–H groups in total. The minimum absolute atomic E-state index is 0.0533. The molecule has 3 heterocycles. The van der Waals surface area contributed by atoms with Crippen molar-refractivity contribution < 1.29 is 5.11 Å². The molecule has 0 saturated carbocycles. The summed E-state index contributed by atoms with van der Waals surface area (Å²) < 4.78 is 1.97. The standard InChI is InChI=1S/C12H10N2OS/c15-8-9-3-4-14-7-10(13-12(14)6-9)11-2-1-5-16-11/h1-7,15H,8H2. The van der Waals surface area contributed by atoms with Crippen molar-refractivity contribution in [2.45, 2.75) is 6.61 Å². The lowest BCUT2D eigenvalue weighted by atomic mass is 10.3. The van der Waals surface area contributed by atoms with E-state index in [2.05, 4.69) is 11.1 Å². The van der Waals surface area contributed by atoms with E-state index in [4.69, 9.17) is 5.11 Å². The summed E-state index contributed by atoms with van der Waals surface area (Å²) in [7, 11) is 0. The Kier molecular flexibility index (Phi) is 2.23. The van der Waals surface area contributed by atoms with E-state index in [1.54, 1.807) is 11.3 Å². The van der Waals surface area contributed by atoms with Crippen LogP contribution in [0.15, 0.2) is 42.0 Å².